The maximum atomic E-state index is 13.2. The predicted molar refractivity (Wildman–Crippen MR) is 152 cm³/mol. The normalized spacial score (nSPS) is 18.6. The van der Waals surface area contributed by atoms with Crippen molar-refractivity contribution < 1.29 is 28.6 Å². The Morgan fingerprint density at radius 1 is 1.12 bits per heavy atom. The lowest BCUT2D eigenvalue weighted by Gasteiger charge is -2.49. The van der Waals surface area contributed by atoms with Crippen molar-refractivity contribution in [3.8, 4) is 0 Å². The highest BCUT2D eigenvalue weighted by atomic mass is 35.5. The van der Waals surface area contributed by atoms with E-state index < -0.39 is 34.9 Å². The summed E-state index contributed by atoms with van der Waals surface area (Å²) in [7, 11) is 0. The highest BCUT2D eigenvalue weighted by Crippen LogP contribution is 2.38. The third kappa shape index (κ3) is 7.38. The molecule has 0 atom stereocenters. The van der Waals surface area contributed by atoms with Crippen LogP contribution in [0.1, 0.15) is 76.6 Å². The maximum Gasteiger partial charge on any atom is 0.410 e. The molecule has 3 rings (SSSR count). The van der Waals surface area contributed by atoms with Gasteiger partial charge in [0.2, 0.25) is 0 Å². The molecule has 40 heavy (non-hydrogen) atoms. The number of ether oxygens (including phenoxy) is 3. The van der Waals surface area contributed by atoms with E-state index in [1.165, 1.54) is 15.8 Å². The molecule has 12 heteroatoms. The molecule has 11 nitrogen and oxygen atoms in total. The smallest absolute Gasteiger partial charge is 0.410 e. The number of alkyl carbamates (subject to hydrolysis) is 1. The highest BCUT2D eigenvalue weighted by molar-refractivity contribution is 6.31. The number of hydrogen-bond acceptors (Lipinski definition) is 8. The standard InChI is InChI=1S/C28H40ClN5O6/c1-9-38-23(35)22-19-11-10-18(13-30)20(12-17(2)29)21(19)32-34(22)16-28(31-24(36)39-26(3,4)5)14-33(15-28)25(37)40-27(6,7)8/h12-13H,2,9-11,14-16,30H2,1,3-8H3,(H,31,36)/b18-13-,20-12?. The Hall–Kier alpha value is -3.47. The minimum atomic E-state index is -0.998. The lowest BCUT2D eigenvalue weighted by Crippen LogP contribution is -2.73. The zero-order valence-electron chi connectivity index (χ0n) is 24.4. The summed E-state index contributed by atoms with van der Waals surface area (Å²) in [5.74, 6) is -0.545. The van der Waals surface area contributed by atoms with Gasteiger partial charge in [0, 0.05) is 16.2 Å². The Bertz CT molecular complexity index is 1240. The minimum Gasteiger partial charge on any atom is -0.461 e. The summed E-state index contributed by atoms with van der Waals surface area (Å²) in [6.45, 7) is 16.6. The van der Waals surface area contributed by atoms with E-state index in [-0.39, 0.29) is 37.0 Å². The monoisotopic (exact) mass is 577 g/mol. The maximum absolute atomic E-state index is 13.2. The molecule has 0 spiro atoms. The third-order valence-corrected chi connectivity index (χ3v) is 6.23. The minimum absolute atomic E-state index is 0.0590. The lowest BCUT2D eigenvalue weighted by atomic mass is 9.87. The van der Waals surface area contributed by atoms with Crippen LogP contribution in [0.25, 0.3) is 5.57 Å². The van der Waals surface area contributed by atoms with Crippen LogP contribution in [0.2, 0.25) is 0 Å². The van der Waals surface area contributed by atoms with Gasteiger partial charge in [-0.25, -0.2) is 14.4 Å². The molecule has 2 heterocycles. The summed E-state index contributed by atoms with van der Waals surface area (Å²) in [6, 6.07) is 0. The van der Waals surface area contributed by atoms with Crippen LogP contribution in [0.15, 0.2) is 29.5 Å². The van der Waals surface area contributed by atoms with Gasteiger partial charge in [0.05, 0.1) is 37.5 Å². The number of fused-ring (bicyclic) bond motifs is 1. The molecule has 1 aliphatic heterocycles. The largest absolute Gasteiger partial charge is 0.461 e. The van der Waals surface area contributed by atoms with Crippen molar-refractivity contribution in [2.75, 3.05) is 19.7 Å². The average molecular weight is 578 g/mol. The number of nitrogens with zero attached hydrogens (tertiary/aromatic N) is 3. The fourth-order valence-electron chi connectivity index (χ4n) is 4.70. The van der Waals surface area contributed by atoms with Crippen LogP contribution < -0.4 is 11.1 Å². The SMILES string of the molecule is C=C(Cl)C=C1/C(=C\N)CCc2c1nn(CC1(NC(=O)OC(C)(C)C)CN(C(=O)OC(C)(C)C)C1)c2C(=O)OCC. The van der Waals surface area contributed by atoms with Crippen molar-refractivity contribution in [3.05, 3.63) is 46.4 Å². The van der Waals surface area contributed by atoms with Crippen molar-refractivity contribution >= 4 is 35.3 Å². The summed E-state index contributed by atoms with van der Waals surface area (Å²) in [4.78, 5) is 40.3. The topological polar surface area (TPSA) is 138 Å². The van der Waals surface area contributed by atoms with Gasteiger partial charge < -0.3 is 30.2 Å². The second kappa shape index (κ2) is 11.6. The number of halogens is 1. The molecule has 0 saturated carbocycles. The van der Waals surface area contributed by atoms with Crippen LogP contribution in [0.5, 0.6) is 0 Å². The first-order valence-corrected chi connectivity index (χ1v) is 13.6. The third-order valence-electron chi connectivity index (χ3n) is 6.12. The first kappa shape index (κ1) is 31.1. The Labute approximate surface area is 240 Å². The van der Waals surface area contributed by atoms with E-state index in [2.05, 4.69) is 11.9 Å². The van der Waals surface area contributed by atoms with E-state index in [1.54, 1.807) is 54.5 Å². The first-order chi connectivity index (χ1) is 18.5. The number of amides is 2. The summed E-state index contributed by atoms with van der Waals surface area (Å²) in [5.41, 5.74) is 6.42. The van der Waals surface area contributed by atoms with Crippen molar-refractivity contribution in [1.29, 1.82) is 0 Å². The molecule has 2 amide bonds. The molecule has 0 radical (unpaired) electrons. The van der Waals surface area contributed by atoms with Crippen LogP contribution in [-0.2, 0) is 27.2 Å². The summed E-state index contributed by atoms with van der Waals surface area (Å²) in [5, 5.41) is 7.99. The van der Waals surface area contributed by atoms with E-state index in [9.17, 15) is 14.4 Å². The molecule has 0 unspecified atom stereocenters. The highest BCUT2D eigenvalue weighted by Gasteiger charge is 2.50. The molecule has 1 aromatic rings. The van der Waals surface area contributed by atoms with Gasteiger partial charge in [0.25, 0.3) is 0 Å². The zero-order chi connectivity index (χ0) is 30.0. The van der Waals surface area contributed by atoms with Gasteiger partial charge in [-0.1, -0.05) is 18.2 Å². The van der Waals surface area contributed by atoms with Gasteiger partial charge in [-0.05, 0) is 79.2 Å². The summed E-state index contributed by atoms with van der Waals surface area (Å²) < 4.78 is 17.9. The Balaban J connectivity index is 2.05. The zero-order valence-corrected chi connectivity index (χ0v) is 25.1. The van der Waals surface area contributed by atoms with Gasteiger partial charge >= 0.3 is 18.2 Å². The molecule has 2 aliphatic rings. The molecular formula is C28H40ClN5O6. The average Bonchev–Trinajstić information content (AvgIpc) is 3.12. The molecule has 1 saturated heterocycles. The Kier molecular flexibility index (Phi) is 8.98. The molecule has 0 bridgehead atoms. The van der Waals surface area contributed by atoms with Gasteiger partial charge in [0.1, 0.15) is 16.9 Å². The number of carbonyl (C=O) groups excluding carboxylic acids is 3. The fourth-order valence-corrected chi connectivity index (χ4v) is 4.81. The van der Waals surface area contributed by atoms with E-state index in [4.69, 9.17) is 36.6 Å². The van der Waals surface area contributed by atoms with Gasteiger partial charge in [-0.3, -0.25) is 4.68 Å². The molecule has 1 fully saturated rings. The van der Waals surface area contributed by atoms with Gasteiger partial charge in [-0.2, -0.15) is 5.10 Å². The number of carbonyl (C=O) groups is 3. The number of hydrogen-bond donors (Lipinski definition) is 2. The number of esters is 1. The van der Waals surface area contributed by atoms with Crippen molar-refractivity contribution in [2.45, 2.75) is 84.6 Å². The predicted octanol–water partition coefficient (Wildman–Crippen LogP) is 4.50. The van der Waals surface area contributed by atoms with E-state index in [0.717, 1.165) is 5.57 Å². The number of nitrogens with two attached hydrogens (primary N) is 1. The summed E-state index contributed by atoms with van der Waals surface area (Å²) >= 11 is 6.12. The molecule has 220 valence electrons. The van der Waals surface area contributed by atoms with Crippen molar-refractivity contribution in [3.63, 3.8) is 0 Å². The second-order valence-electron chi connectivity index (χ2n) is 12.0. The van der Waals surface area contributed by atoms with E-state index in [0.29, 0.717) is 29.7 Å². The first-order valence-electron chi connectivity index (χ1n) is 13.2. The van der Waals surface area contributed by atoms with Crippen LogP contribution in [0.4, 0.5) is 9.59 Å². The van der Waals surface area contributed by atoms with Crippen molar-refractivity contribution in [2.24, 2.45) is 5.73 Å². The Morgan fingerprint density at radius 2 is 1.75 bits per heavy atom. The lowest BCUT2D eigenvalue weighted by molar-refractivity contribution is -0.0268. The van der Waals surface area contributed by atoms with Crippen molar-refractivity contribution in [1.82, 2.24) is 20.0 Å². The van der Waals surface area contributed by atoms with E-state index in [1.807, 2.05) is 0 Å². The second-order valence-corrected chi connectivity index (χ2v) is 12.5. The number of likely N-dealkylation sites (tertiary alicyclic amines) is 1. The molecule has 0 aromatic carbocycles. The van der Waals surface area contributed by atoms with Gasteiger partial charge in [-0.15, -0.1) is 0 Å². The number of rotatable bonds is 6. The number of allylic oxidation sites excluding steroid dienone is 4. The van der Waals surface area contributed by atoms with Crippen LogP contribution in [-0.4, -0.2) is 69.3 Å². The molecule has 3 N–H and O–H groups in total. The molecule has 1 aromatic heterocycles. The van der Waals surface area contributed by atoms with Crippen LogP contribution in [0, 0.1) is 0 Å². The number of nitrogens with one attached hydrogen (secondary N) is 1. The van der Waals surface area contributed by atoms with E-state index >= 15 is 0 Å². The molecular weight excluding hydrogens is 538 g/mol. The Morgan fingerprint density at radius 3 is 2.27 bits per heavy atom. The summed E-state index contributed by atoms with van der Waals surface area (Å²) in [6.07, 6.45) is 3.04. The molecule has 1 aliphatic carbocycles. The fraction of sp³-hybridized carbons (Fsp3) is 0.571. The van der Waals surface area contributed by atoms with Gasteiger partial charge in [0.15, 0.2) is 0 Å². The number of aromatic nitrogens is 2. The van der Waals surface area contributed by atoms with Crippen LogP contribution in [0.3, 0.4) is 0 Å². The quantitative estimate of drug-likeness (QED) is 0.372. The van der Waals surface area contributed by atoms with Crippen LogP contribution >= 0.6 is 11.6 Å².